The summed E-state index contributed by atoms with van der Waals surface area (Å²) < 4.78 is 0. The minimum absolute atomic E-state index is 0.121. The predicted octanol–water partition coefficient (Wildman–Crippen LogP) is 2.51. The summed E-state index contributed by atoms with van der Waals surface area (Å²) in [7, 11) is 0. The Morgan fingerprint density at radius 1 is 1.24 bits per heavy atom. The van der Waals surface area contributed by atoms with Gasteiger partial charge in [-0.25, -0.2) is 0 Å². The standard InChI is InChI=1S/C14H14N2O/c1-9-5-6-10(2)11(8-9)14(17)13-12(15)4-3-7-16-13/h3-8H,15H2,1-2H3. The molecule has 0 saturated carbocycles. The molecule has 0 aliphatic rings. The van der Waals surface area contributed by atoms with E-state index in [1.54, 1.807) is 18.3 Å². The molecule has 2 rings (SSSR count). The zero-order valence-electron chi connectivity index (χ0n) is 9.90. The first kappa shape index (κ1) is 11.3. The Morgan fingerprint density at radius 3 is 2.71 bits per heavy atom. The molecule has 0 bridgehead atoms. The van der Waals surface area contributed by atoms with Gasteiger partial charge in [0.1, 0.15) is 5.69 Å². The molecule has 17 heavy (non-hydrogen) atoms. The van der Waals surface area contributed by atoms with Gasteiger partial charge in [-0.3, -0.25) is 9.78 Å². The van der Waals surface area contributed by atoms with E-state index in [0.717, 1.165) is 11.1 Å². The Labute approximate surface area is 100 Å². The molecular formula is C14H14N2O. The SMILES string of the molecule is Cc1ccc(C)c(C(=O)c2ncccc2N)c1. The second-order valence-corrected chi connectivity index (χ2v) is 4.09. The Hall–Kier alpha value is -2.16. The fourth-order valence-electron chi connectivity index (χ4n) is 1.72. The molecule has 2 aromatic rings. The van der Waals surface area contributed by atoms with Gasteiger partial charge in [-0.15, -0.1) is 0 Å². The fraction of sp³-hybridized carbons (Fsp3) is 0.143. The van der Waals surface area contributed by atoms with E-state index >= 15 is 0 Å². The van der Waals surface area contributed by atoms with Crippen LogP contribution in [0.2, 0.25) is 0 Å². The van der Waals surface area contributed by atoms with Gasteiger partial charge in [-0.1, -0.05) is 17.7 Å². The third-order valence-corrected chi connectivity index (χ3v) is 2.69. The number of ketones is 1. The highest BCUT2D eigenvalue weighted by molar-refractivity contribution is 6.11. The summed E-state index contributed by atoms with van der Waals surface area (Å²) in [5.41, 5.74) is 9.15. The first-order valence-electron chi connectivity index (χ1n) is 5.42. The molecule has 0 atom stereocenters. The van der Waals surface area contributed by atoms with E-state index in [-0.39, 0.29) is 5.78 Å². The zero-order valence-corrected chi connectivity index (χ0v) is 9.90. The lowest BCUT2D eigenvalue weighted by atomic mass is 9.99. The molecule has 0 unspecified atom stereocenters. The van der Waals surface area contributed by atoms with Gasteiger partial charge in [0.15, 0.2) is 0 Å². The summed E-state index contributed by atoms with van der Waals surface area (Å²) in [6, 6.07) is 9.18. The number of nitrogens with zero attached hydrogens (tertiary/aromatic N) is 1. The van der Waals surface area contributed by atoms with E-state index in [1.165, 1.54) is 0 Å². The Balaban J connectivity index is 2.51. The summed E-state index contributed by atoms with van der Waals surface area (Å²) in [4.78, 5) is 16.3. The summed E-state index contributed by atoms with van der Waals surface area (Å²) in [5.74, 6) is -0.121. The van der Waals surface area contributed by atoms with Gasteiger partial charge in [-0.05, 0) is 37.6 Å². The van der Waals surface area contributed by atoms with E-state index in [1.807, 2.05) is 32.0 Å². The van der Waals surface area contributed by atoms with Gasteiger partial charge in [0.25, 0.3) is 0 Å². The van der Waals surface area contributed by atoms with Crippen LogP contribution in [0.3, 0.4) is 0 Å². The van der Waals surface area contributed by atoms with Crippen molar-refractivity contribution in [2.75, 3.05) is 5.73 Å². The number of carbonyl (C=O) groups excluding carboxylic acids is 1. The minimum atomic E-state index is -0.121. The molecule has 0 radical (unpaired) electrons. The number of hydrogen-bond donors (Lipinski definition) is 1. The topological polar surface area (TPSA) is 56.0 Å². The van der Waals surface area contributed by atoms with E-state index in [4.69, 9.17) is 5.73 Å². The highest BCUT2D eigenvalue weighted by Gasteiger charge is 2.15. The van der Waals surface area contributed by atoms with Crippen LogP contribution in [0.5, 0.6) is 0 Å². The van der Waals surface area contributed by atoms with Crippen molar-refractivity contribution in [2.45, 2.75) is 13.8 Å². The van der Waals surface area contributed by atoms with Crippen LogP contribution < -0.4 is 5.73 Å². The normalized spacial score (nSPS) is 10.2. The molecule has 1 heterocycles. The minimum Gasteiger partial charge on any atom is -0.397 e. The maximum Gasteiger partial charge on any atom is 0.213 e. The van der Waals surface area contributed by atoms with Gasteiger partial charge in [0.2, 0.25) is 5.78 Å². The Morgan fingerprint density at radius 2 is 2.00 bits per heavy atom. The number of aryl methyl sites for hydroxylation is 2. The van der Waals surface area contributed by atoms with Crippen molar-refractivity contribution >= 4 is 11.5 Å². The van der Waals surface area contributed by atoms with Crippen molar-refractivity contribution in [2.24, 2.45) is 0 Å². The fourth-order valence-corrected chi connectivity index (χ4v) is 1.72. The number of anilines is 1. The smallest absolute Gasteiger partial charge is 0.213 e. The zero-order chi connectivity index (χ0) is 12.4. The van der Waals surface area contributed by atoms with Crippen LogP contribution in [-0.2, 0) is 0 Å². The highest BCUT2D eigenvalue weighted by atomic mass is 16.1. The molecule has 3 heteroatoms. The molecule has 0 spiro atoms. The average molecular weight is 226 g/mol. The van der Waals surface area contributed by atoms with Crippen LogP contribution in [-0.4, -0.2) is 10.8 Å². The van der Waals surface area contributed by atoms with E-state index in [9.17, 15) is 4.79 Å². The van der Waals surface area contributed by atoms with Crippen LogP contribution in [0.15, 0.2) is 36.5 Å². The van der Waals surface area contributed by atoms with Crippen molar-refractivity contribution in [1.29, 1.82) is 0 Å². The quantitative estimate of drug-likeness (QED) is 0.800. The summed E-state index contributed by atoms with van der Waals surface area (Å²) >= 11 is 0. The number of aromatic nitrogens is 1. The van der Waals surface area contributed by atoms with Crippen molar-refractivity contribution in [3.63, 3.8) is 0 Å². The molecule has 0 aliphatic heterocycles. The van der Waals surface area contributed by atoms with Gasteiger partial charge in [0.05, 0.1) is 5.69 Å². The van der Waals surface area contributed by atoms with E-state index < -0.39 is 0 Å². The number of pyridine rings is 1. The van der Waals surface area contributed by atoms with Crippen LogP contribution in [0.4, 0.5) is 5.69 Å². The monoisotopic (exact) mass is 226 g/mol. The van der Waals surface area contributed by atoms with Gasteiger partial charge < -0.3 is 5.73 Å². The second-order valence-electron chi connectivity index (χ2n) is 4.09. The molecule has 0 aliphatic carbocycles. The molecule has 0 amide bonds. The van der Waals surface area contributed by atoms with Crippen molar-refractivity contribution < 1.29 is 4.79 Å². The van der Waals surface area contributed by atoms with Crippen molar-refractivity contribution in [3.8, 4) is 0 Å². The van der Waals surface area contributed by atoms with E-state index in [0.29, 0.717) is 16.9 Å². The third kappa shape index (κ3) is 2.18. The summed E-state index contributed by atoms with van der Waals surface area (Å²) in [6.07, 6.45) is 1.58. The molecular weight excluding hydrogens is 212 g/mol. The molecule has 86 valence electrons. The largest absolute Gasteiger partial charge is 0.397 e. The average Bonchev–Trinajstić information content (AvgIpc) is 2.32. The second kappa shape index (κ2) is 4.37. The van der Waals surface area contributed by atoms with Crippen LogP contribution in [0, 0.1) is 13.8 Å². The maximum atomic E-state index is 12.3. The van der Waals surface area contributed by atoms with E-state index in [2.05, 4.69) is 4.98 Å². The Kier molecular flexibility index (Phi) is 2.91. The number of carbonyl (C=O) groups is 1. The molecule has 0 fully saturated rings. The van der Waals surface area contributed by atoms with Gasteiger partial charge >= 0.3 is 0 Å². The number of rotatable bonds is 2. The number of hydrogen-bond acceptors (Lipinski definition) is 3. The molecule has 1 aromatic heterocycles. The molecule has 0 saturated heterocycles. The van der Waals surface area contributed by atoms with Crippen LogP contribution in [0.1, 0.15) is 27.2 Å². The lowest BCUT2D eigenvalue weighted by Gasteiger charge is -2.07. The number of benzene rings is 1. The van der Waals surface area contributed by atoms with Crippen LogP contribution >= 0.6 is 0 Å². The highest BCUT2D eigenvalue weighted by Crippen LogP contribution is 2.17. The Bertz CT molecular complexity index is 576. The molecule has 3 nitrogen and oxygen atoms in total. The maximum absolute atomic E-state index is 12.3. The van der Waals surface area contributed by atoms with Gasteiger partial charge in [-0.2, -0.15) is 0 Å². The summed E-state index contributed by atoms with van der Waals surface area (Å²) in [5, 5.41) is 0. The predicted molar refractivity (Wildman–Crippen MR) is 68.0 cm³/mol. The number of nitrogens with two attached hydrogens (primary N) is 1. The van der Waals surface area contributed by atoms with Crippen LogP contribution in [0.25, 0.3) is 0 Å². The molecule has 1 aromatic carbocycles. The lowest BCUT2D eigenvalue weighted by molar-refractivity contribution is 0.103. The van der Waals surface area contributed by atoms with Crippen molar-refractivity contribution in [3.05, 3.63) is 58.9 Å². The van der Waals surface area contributed by atoms with Crippen molar-refractivity contribution in [1.82, 2.24) is 4.98 Å². The lowest BCUT2D eigenvalue weighted by Crippen LogP contribution is -2.09. The summed E-state index contributed by atoms with van der Waals surface area (Å²) in [6.45, 7) is 3.86. The first-order valence-corrected chi connectivity index (χ1v) is 5.42. The third-order valence-electron chi connectivity index (χ3n) is 2.69. The first-order chi connectivity index (χ1) is 8.09. The van der Waals surface area contributed by atoms with Gasteiger partial charge in [0, 0.05) is 11.8 Å². The number of nitrogen functional groups attached to an aromatic ring is 1. The molecule has 2 N–H and O–H groups in total.